The van der Waals surface area contributed by atoms with E-state index < -0.39 is 15.8 Å². The fraction of sp³-hybridized carbons (Fsp3) is 0.650. The zero-order valence-electron chi connectivity index (χ0n) is 16.7. The summed E-state index contributed by atoms with van der Waals surface area (Å²) >= 11 is 0. The Morgan fingerprint density at radius 3 is 2.39 bits per heavy atom. The lowest BCUT2D eigenvalue weighted by Crippen LogP contribution is -2.56. The minimum atomic E-state index is -3.72. The first-order chi connectivity index (χ1) is 13.3. The summed E-state index contributed by atoms with van der Waals surface area (Å²) in [6, 6.07) is 5.14. The monoisotopic (exact) mass is 411 g/mol. The number of piperazine rings is 1. The highest BCUT2D eigenvalue weighted by Gasteiger charge is 2.34. The summed E-state index contributed by atoms with van der Waals surface area (Å²) in [5, 5.41) is 0. The van der Waals surface area contributed by atoms with Crippen molar-refractivity contribution in [2.75, 3.05) is 33.2 Å². The molecule has 1 aromatic carbocycles. The number of likely N-dealkylation sites (N-methyl/N-ethyl adjacent to an activating group) is 1. The summed E-state index contributed by atoms with van der Waals surface area (Å²) < 4.78 is 40.3. The van der Waals surface area contributed by atoms with Crippen LogP contribution in [0.5, 0.6) is 0 Å². The Morgan fingerprint density at radius 2 is 1.79 bits per heavy atom. The van der Waals surface area contributed by atoms with Crippen LogP contribution in [0.25, 0.3) is 0 Å². The number of hydrogen-bond donors (Lipinski definition) is 0. The van der Waals surface area contributed by atoms with Gasteiger partial charge < -0.3 is 4.90 Å². The Balaban J connectivity index is 1.59. The third-order valence-electron chi connectivity index (χ3n) is 6.08. The van der Waals surface area contributed by atoms with Crippen LogP contribution >= 0.6 is 0 Å². The molecule has 0 aromatic heterocycles. The lowest BCUT2D eigenvalue weighted by molar-refractivity contribution is -0.138. The normalized spacial score (nSPS) is 21.4. The second-order valence-electron chi connectivity index (χ2n) is 7.81. The van der Waals surface area contributed by atoms with Gasteiger partial charge in [0.2, 0.25) is 15.9 Å². The Labute approximate surface area is 167 Å². The zero-order valence-corrected chi connectivity index (χ0v) is 17.5. The number of benzene rings is 1. The molecule has 0 unspecified atom stereocenters. The van der Waals surface area contributed by atoms with Crippen molar-refractivity contribution in [2.45, 2.75) is 56.0 Å². The van der Waals surface area contributed by atoms with Gasteiger partial charge in [-0.25, -0.2) is 12.8 Å². The molecule has 1 saturated carbocycles. The Kier molecular flexibility index (Phi) is 6.73. The summed E-state index contributed by atoms with van der Waals surface area (Å²) in [6.07, 6.45) is 5.72. The van der Waals surface area contributed by atoms with E-state index in [4.69, 9.17) is 0 Å². The Hall–Kier alpha value is -1.51. The minimum absolute atomic E-state index is 0.0258. The predicted octanol–water partition coefficient (Wildman–Crippen LogP) is 2.31. The van der Waals surface area contributed by atoms with E-state index >= 15 is 0 Å². The fourth-order valence-electron chi connectivity index (χ4n) is 4.21. The van der Waals surface area contributed by atoms with Gasteiger partial charge in [-0.05, 0) is 38.0 Å². The number of sulfonamides is 1. The number of halogens is 1. The van der Waals surface area contributed by atoms with Crippen molar-refractivity contribution in [2.24, 2.45) is 0 Å². The van der Waals surface area contributed by atoms with E-state index in [0.29, 0.717) is 32.2 Å². The maximum absolute atomic E-state index is 13.4. The van der Waals surface area contributed by atoms with Crippen molar-refractivity contribution in [3.63, 3.8) is 0 Å². The zero-order chi connectivity index (χ0) is 20.3. The van der Waals surface area contributed by atoms with Crippen LogP contribution < -0.4 is 0 Å². The molecule has 1 amide bonds. The molecule has 1 aliphatic heterocycles. The highest BCUT2D eigenvalue weighted by Crippen LogP contribution is 2.23. The molecule has 2 aliphatic rings. The van der Waals surface area contributed by atoms with E-state index in [9.17, 15) is 17.6 Å². The molecule has 0 N–H and O–H groups in total. The van der Waals surface area contributed by atoms with Crippen LogP contribution in [0.2, 0.25) is 0 Å². The summed E-state index contributed by atoms with van der Waals surface area (Å²) in [5.74, 6) is -0.460. The van der Waals surface area contributed by atoms with Crippen LogP contribution in [-0.4, -0.2) is 73.7 Å². The highest BCUT2D eigenvalue weighted by molar-refractivity contribution is 7.89. The van der Waals surface area contributed by atoms with Gasteiger partial charge in [-0.2, -0.15) is 4.31 Å². The SMILES string of the molecule is C[C@@H](C(=O)N(C)C1CCCCC1)N1CCN(S(=O)(=O)c2cccc(F)c2)CC1. The third kappa shape index (κ3) is 4.55. The Morgan fingerprint density at radius 1 is 1.14 bits per heavy atom. The quantitative estimate of drug-likeness (QED) is 0.746. The van der Waals surface area contributed by atoms with Gasteiger partial charge in [0.05, 0.1) is 10.9 Å². The van der Waals surface area contributed by atoms with Crippen molar-refractivity contribution in [1.82, 2.24) is 14.1 Å². The largest absolute Gasteiger partial charge is 0.341 e. The summed E-state index contributed by atoms with van der Waals surface area (Å²) in [6.45, 7) is 3.46. The van der Waals surface area contributed by atoms with Gasteiger partial charge in [0.25, 0.3) is 0 Å². The summed E-state index contributed by atoms with van der Waals surface area (Å²) in [5.41, 5.74) is 0. The standard InChI is InChI=1S/C20H30FN3O3S/c1-16(20(25)22(2)18-8-4-3-5-9-18)23-11-13-24(14-12-23)28(26,27)19-10-6-7-17(21)15-19/h6-7,10,15-16,18H,3-5,8-9,11-14H2,1-2H3/t16-/m0/s1. The number of carbonyl (C=O) groups excluding carboxylic acids is 1. The molecular formula is C20H30FN3O3S. The second kappa shape index (κ2) is 8.88. The molecule has 0 spiro atoms. The molecule has 2 fully saturated rings. The van der Waals surface area contributed by atoms with Crippen LogP contribution in [0.15, 0.2) is 29.2 Å². The second-order valence-corrected chi connectivity index (χ2v) is 9.75. The first-order valence-corrected chi connectivity index (χ1v) is 11.5. The highest BCUT2D eigenvalue weighted by atomic mass is 32.2. The van der Waals surface area contributed by atoms with Gasteiger partial charge in [0.1, 0.15) is 5.82 Å². The maximum Gasteiger partial charge on any atom is 0.243 e. The van der Waals surface area contributed by atoms with Crippen molar-refractivity contribution in [3.05, 3.63) is 30.1 Å². The topological polar surface area (TPSA) is 60.9 Å². The molecule has 8 heteroatoms. The first-order valence-electron chi connectivity index (χ1n) is 10.1. The van der Waals surface area contributed by atoms with Crippen LogP contribution in [0.3, 0.4) is 0 Å². The number of hydrogen-bond acceptors (Lipinski definition) is 4. The molecule has 1 atom stereocenters. The van der Waals surface area contributed by atoms with E-state index in [1.807, 2.05) is 23.8 Å². The first kappa shape index (κ1) is 21.2. The average Bonchev–Trinajstić information content (AvgIpc) is 2.73. The van der Waals surface area contributed by atoms with Gasteiger partial charge in [-0.1, -0.05) is 25.3 Å². The van der Waals surface area contributed by atoms with Crippen molar-refractivity contribution < 1.29 is 17.6 Å². The number of amides is 1. The Bertz CT molecular complexity index is 788. The molecule has 28 heavy (non-hydrogen) atoms. The van der Waals surface area contributed by atoms with E-state index in [0.717, 1.165) is 18.9 Å². The molecule has 156 valence electrons. The van der Waals surface area contributed by atoms with E-state index in [2.05, 4.69) is 0 Å². The van der Waals surface area contributed by atoms with Crippen LogP contribution in [0.1, 0.15) is 39.0 Å². The molecule has 6 nitrogen and oxygen atoms in total. The molecule has 1 heterocycles. The van der Waals surface area contributed by atoms with Crippen molar-refractivity contribution in [3.8, 4) is 0 Å². The van der Waals surface area contributed by atoms with Gasteiger partial charge in [0, 0.05) is 39.3 Å². The lowest BCUT2D eigenvalue weighted by Gasteiger charge is -2.39. The smallest absolute Gasteiger partial charge is 0.243 e. The van der Waals surface area contributed by atoms with E-state index in [1.54, 1.807) is 0 Å². The number of nitrogens with zero attached hydrogens (tertiary/aromatic N) is 3. The van der Waals surface area contributed by atoms with Crippen LogP contribution in [-0.2, 0) is 14.8 Å². The fourth-order valence-corrected chi connectivity index (χ4v) is 5.66. The van der Waals surface area contributed by atoms with E-state index in [1.165, 1.54) is 41.8 Å². The van der Waals surface area contributed by atoms with Crippen LogP contribution in [0, 0.1) is 5.82 Å². The number of rotatable bonds is 5. The summed E-state index contributed by atoms with van der Waals surface area (Å²) in [7, 11) is -1.83. The molecule has 1 aromatic rings. The van der Waals surface area contributed by atoms with Crippen molar-refractivity contribution >= 4 is 15.9 Å². The number of carbonyl (C=O) groups is 1. The molecule has 1 aliphatic carbocycles. The lowest BCUT2D eigenvalue weighted by atomic mass is 9.94. The van der Waals surface area contributed by atoms with Gasteiger partial charge in [-0.3, -0.25) is 9.69 Å². The third-order valence-corrected chi connectivity index (χ3v) is 7.98. The molecule has 1 saturated heterocycles. The molecule has 3 rings (SSSR count). The van der Waals surface area contributed by atoms with Gasteiger partial charge in [-0.15, -0.1) is 0 Å². The van der Waals surface area contributed by atoms with E-state index in [-0.39, 0.29) is 16.8 Å². The van der Waals surface area contributed by atoms with Gasteiger partial charge in [0.15, 0.2) is 0 Å². The minimum Gasteiger partial charge on any atom is -0.341 e. The van der Waals surface area contributed by atoms with Crippen molar-refractivity contribution in [1.29, 1.82) is 0 Å². The molecule has 0 bridgehead atoms. The molecular weight excluding hydrogens is 381 g/mol. The maximum atomic E-state index is 13.4. The van der Waals surface area contributed by atoms with Crippen LogP contribution in [0.4, 0.5) is 4.39 Å². The average molecular weight is 412 g/mol. The predicted molar refractivity (Wildman–Crippen MR) is 106 cm³/mol. The summed E-state index contributed by atoms with van der Waals surface area (Å²) in [4.78, 5) is 16.8. The molecule has 0 radical (unpaired) electrons. The van der Waals surface area contributed by atoms with Gasteiger partial charge >= 0.3 is 0 Å².